The molecule has 0 aliphatic rings. The fraction of sp³-hybridized carbons (Fsp3) is 0.240. The van der Waals surface area contributed by atoms with Crippen LogP contribution in [0.15, 0.2) is 84.9 Å². The van der Waals surface area contributed by atoms with Gasteiger partial charge >= 0.3 is 6.09 Å². The number of ether oxygens (including phenoxy) is 3. The second-order valence-corrected chi connectivity index (χ2v) is 6.98. The van der Waals surface area contributed by atoms with Gasteiger partial charge in [-0.2, -0.15) is 0 Å². The maximum Gasteiger partial charge on any atom is 0.407 e. The summed E-state index contributed by atoms with van der Waals surface area (Å²) in [5, 5.41) is 2.89. The van der Waals surface area contributed by atoms with Gasteiger partial charge in [0.2, 0.25) is 0 Å². The standard InChI is InChI=1S/C25H27NO4/c1-20-9-8-14-24(17-20)29-19-22(15-16-28-23-12-6-3-7-13-23)26-25(27)30-18-21-10-4-2-5-11-21/h2-14,17,22H,15-16,18-19H2,1H3,(H,26,27)/t22-/m0/s1. The maximum absolute atomic E-state index is 12.3. The predicted octanol–water partition coefficient (Wildman–Crippen LogP) is 5.14. The van der Waals surface area contributed by atoms with Crippen molar-refractivity contribution >= 4 is 6.09 Å². The van der Waals surface area contributed by atoms with E-state index in [0.717, 1.165) is 22.6 Å². The Morgan fingerprint density at radius 2 is 1.57 bits per heavy atom. The fourth-order valence-electron chi connectivity index (χ4n) is 2.87. The Hall–Kier alpha value is -3.47. The fourth-order valence-corrected chi connectivity index (χ4v) is 2.87. The molecule has 0 spiro atoms. The van der Waals surface area contributed by atoms with Crippen LogP contribution in [0, 0.1) is 6.92 Å². The third-order valence-electron chi connectivity index (χ3n) is 4.45. The van der Waals surface area contributed by atoms with Crippen molar-refractivity contribution < 1.29 is 19.0 Å². The molecule has 3 aromatic carbocycles. The van der Waals surface area contributed by atoms with Crippen molar-refractivity contribution in [3.63, 3.8) is 0 Å². The molecule has 0 heterocycles. The van der Waals surface area contributed by atoms with Crippen LogP contribution in [0.5, 0.6) is 11.5 Å². The monoisotopic (exact) mass is 405 g/mol. The van der Waals surface area contributed by atoms with Gasteiger partial charge in [-0.05, 0) is 42.3 Å². The van der Waals surface area contributed by atoms with Crippen molar-refractivity contribution in [3.8, 4) is 11.5 Å². The number of para-hydroxylation sites is 1. The first-order valence-corrected chi connectivity index (χ1v) is 10.0. The van der Waals surface area contributed by atoms with Crippen molar-refractivity contribution in [2.45, 2.75) is 26.0 Å². The molecule has 1 amide bonds. The molecule has 1 atom stereocenters. The van der Waals surface area contributed by atoms with Crippen LogP contribution in [0.3, 0.4) is 0 Å². The van der Waals surface area contributed by atoms with Gasteiger partial charge in [0.15, 0.2) is 0 Å². The quantitative estimate of drug-likeness (QED) is 0.508. The second kappa shape index (κ2) is 11.5. The highest BCUT2D eigenvalue weighted by molar-refractivity contribution is 5.67. The molecule has 156 valence electrons. The number of amides is 1. The first-order chi connectivity index (χ1) is 14.7. The number of alkyl carbamates (subject to hydrolysis) is 1. The molecule has 0 saturated heterocycles. The number of carbonyl (C=O) groups is 1. The highest BCUT2D eigenvalue weighted by Gasteiger charge is 2.15. The topological polar surface area (TPSA) is 56.8 Å². The molecule has 5 heteroatoms. The molecule has 0 aliphatic carbocycles. The van der Waals surface area contributed by atoms with Crippen LogP contribution < -0.4 is 14.8 Å². The Bertz CT molecular complexity index is 899. The lowest BCUT2D eigenvalue weighted by molar-refractivity contribution is 0.127. The smallest absolute Gasteiger partial charge is 0.407 e. The Kier molecular flexibility index (Phi) is 8.15. The first kappa shape index (κ1) is 21.2. The Morgan fingerprint density at radius 3 is 2.30 bits per heavy atom. The zero-order valence-corrected chi connectivity index (χ0v) is 17.1. The number of carbonyl (C=O) groups excluding carboxylic acids is 1. The number of rotatable bonds is 10. The molecule has 0 fully saturated rings. The third-order valence-corrected chi connectivity index (χ3v) is 4.45. The lowest BCUT2D eigenvalue weighted by Crippen LogP contribution is -2.40. The number of aryl methyl sites for hydroxylation is 1. The van der Waals surface area contributed by atoms with Crippen LogP contribution in [0.25, 0.3) is 0 Å². The summed E-state index contributed by atoms with van der Waals surface area (Å²) in [5.74, 6) is 1.56. The van der Waals surface area contributed by atoms with Gasteiger partial charge in [0.25, 0.3) is 0 Å². The molecule has 3 aromatic rings. The van der Waals surface area contributed by atoms with Crippen molar-refractivity contribution in [2.24, 2.45) is 0 Å². The summed E-state index contributed by atoms with van der Waals surface area (Å²) in [5.41, 5.74) is 2.05. The first-order valence-electron chi connectivity index (χ1n) is 10.0. The average molecular weight is 405 g/mol. The molecule has 30 heavy (non-hydrogen) atoms. The summed E-state index contributed by atoms with van der Waals surface area (Å²) in [4.78, 5) is 12.3. The van der Waals surface area contributed by atoms with E-state index in [2.05, 4.69) is 5.32 Å². The Labute approximate surface area is 177 Å². The van der Waals surface area contributed by atoms with Gasteiger partial charge in [0.1, 0.15) is 24.7 Å². The molecule has 0 bridgehead atoms. The van der Waals surface area contributed by atoms with Gasteiger partial charge in [-0.1, -0.05) is 60.7 Å². The van der Waals surface area contributed by atoms with E-state index in [0.29, 0.717) is 19.6 Å². The molecule has 5 nitrogen and oxygen atoms in total. The zero-order valence-electron chi connectivity index (χ0n) is 17.1. The number of benzene rings is 3. The van der Waals surface area contributed by atoms with Crippen LogP contribution in [-0.2, 0) is 11.3 Å². The molecule has 0 saturated carbocycles. The van der Waals surface area contributed by atoms with E-state index in [1.807, 2.05) is 91.9 Å². The predicted molar refractivity (Wildman–Crippen MR) is 117 cm³/mol. The largest absolute Gasteiger partial charge is 0.494 e. The summed E-state index contributed by atoms with van der Waals surface area (Å²) in [6, 6.07) is 26.7. The van der Waals surface area contributed by atoms with E-state index >= 15 is 0 Å². The Balaban J connectivity index is 1.52. The van der Waals surface area contributed by atoms with Gasteiger partial charge in [0.05, 0.1) is 12.6 Å². The lowest BCUT2D eigenvalue weighted by Gasteiger charge is -2.20. The van der Waals surface area contributed by atoms with Crippen molar-refractivity contribution in [3.05, 3.63) is 96.1 Å². The molecule has 3 rings (SSSR count). The Morgan fingerprint density at radius 1 is 0.867 bits per heavy atom. The third kappa shape index (κ3) is 7.51. The van der Waals surface area contributed by atoms with Gasteiger partial charge in [-0.25, -0.2) is 4.79 Å². The number of nitrogens with one attached hydrogen (secondary N) is 1. The minimum atomic E-state index is -0.476. The van der Waals surface area contributed by atoms with Gasteiger partial charge < -0.3 is 19.5 Å². The molecule has 1 N–H and O–H groups in total. The van der Waals surface area contributed by atoms with Gasteiger partial charge in [0, 0.05) is 6.42 Å². The van der Waals surface area contributed by atoms with Crippen LogP contribution >= 0.6 is 0 Å². The highest BCUT2D eigenvalue weighted by atomic mass is 16.5. The normalized spacial score (nSPS) is 11.4. The zero-order chi connectivity index (χ0) is 21.0. The van der Waals surface area contributed by atoms with E-state index in [-0.39, 0.29) is 12.6 Å². The van der Waals surface area contributed by atoms with E-state index < -0.39 is 6.09 Å². The second-order valence-electron chi connectivity index (χ2n) is 6.98. The summed E-state index contributed by atoms with van der Waals surface area (Å²) in [6.07, 6.45) is 0.109. The van der Waals surface area contributed by atoms with Gasteiger partial charge in [-0.3, -0.25) is 0 Å². The van der Waals surface area contributed by atoms with E-state index in [9.17, 15) is 4.79 Å². The van der Waals surface area contributed by atoms with E-state index in [1.54, 1.807) is 0 Å². The van der Waals surface area contributed by atoms with Crippen LogP contribution in [0.1, 0.15) is 17.5 Å². The van der Waals surface area contributed by atoms with Crippen LogP contribution in [-0.4, -0.2) is 25.3 Å². The molecular weight excluding hydrogens is 378 g/mol. The minimum Gasteiger partial charge on any atom is -0.494 e. The molecule has 0 radical (unpaired) electrons. The summed E-state index contributed by atoms with van der Waals surface area (Å²) in [6.45, 7) is 3.00. The van der Waals surface area contributed by atoms with Crippen molar-refractivity contribution in [2.75, 3.05) is 13.2 Å². The average Bonchev–Trinajstić information content (AvgIpc) is 2.77. The molecule has 0 aromatic heterocycles. The van der Waals surface area contributed by atoms with E-state index in [1.165, 1.54) is 0 Å². The van der Waals surface area contributed by atoms with E-state index in [4.69, 9.17) is 14.2 Å². The summed E-state index contributed by atoms with van der Waals surface area (Å²) < 4.78 is 17.0. The highest BCUT2D eigenvalue weighted by Crippen LogP contribution is 2.14. The molecular formula is C25H27NO4. The van der Waals surface area contributed by atoms with Crippen molar-refractivity contribution in [1.82, 2.24) is 5.32 Å². The van der Waals surface area contributed by atoms with Gasteiger partial charge in [-0.15, -0.1) is 0 Å². The van der Waals surface area contributed by atoms with Crippen LogP contribution in [0.4, 0.5) is 4.79 Å². The lowest BCUT2D eigenvalue weighted by atomic mass is 10.2. The van der Waals surface area contributed by atoms with Crippen molar-refractivity contribution in [1.29, 1.82) is 0 Å². The molecule has 0 unspecified atom stereocenters. The number of hydrogen-bond acceptors (Lipinski definition) is 4. The SMILES string of the molecule is Cc1cccc(OC[C@H](CCOc2ccccc2)NC(=O)OCc2ccccc2)c1. The van der Waals surface area contributed by atoms with Crippen LogP contribution in [0.2, 0.25) is 0 Å². The summed E-state index contributed by atoms with van der Waals surface area (Å²) in [7, 11) is 0. The maximum atomic E-state index is 12.3. The minimum absolute atomic E-state index is 0.221. The number of hydrogen-bond donors (Lipinski definition) is 1. The summed E-state index contributed by atoms with van der Waals surface area (Å²) >= 11 is 0. The molecule has 0 aliphatic heterocycles.